The first-order chi connectivity index (χ1) is 21.2. The van der Waals surface area contributed by atoms with Crippen LogP contribution in [0.4, 0.5) is 4.79 Å². The van der Waals surface area contributed by atoms with E-state index in [4.69, 9.17) is 14.5 Å². The molecule has 0 aliphatic carbocycles. The third-order valence-electron chi connectivity index (χ3n) is 7.21. The summed E-state index contributed by atoms with van der Waals surface area (Å²) < 4.78 is 10.6. The fourth-order valence-corrected chi connectivity index (χ4v) is 5.07. The molecule has 0 spiro atoms. The number of pyridine rings is 2. The lowest BCUT2D eigenvalue weighted by Crippen LogP contribution is -2.54. The van der Waals surface area contributed by atoms with Gasteiger partial charge in [0.2, 0.25) is 5.54 Å². The SMILES string of the molecule is COc1ccc2c(c1)C(=O)N(CC1(C#Cc3ccc(-c4nc(-c5cccnc5)ccc4OC(C)=O)cc3)NC(=O)NC1=O)C2. The smallest absolute Gasteiger partial charge is 0.323 e. The van der Waals surface area contributed by atoms with Crippen molar-refractivity contribution in [2.75, 3.05) is 13.7 Å². The van der Waals surface area contributed by atoms with Gasteiger partial charge in [0, 0.05) is 48.1 Å². The molecule has 1 saturated heterocycles. The van der Waals surface area contributed by atoms with Crippen molar-refractivity contribution < 1.29 is 28.7 Å². The predicted molar refractivity (Wildman–Crippen MR) is 158 cm³/mol. The number of carbonyl (C=O) groups is 4. The Morgan fingerprint density at radius 3 is 2.55 bits per heavy atom. The molecule has 218 valence electrons. The molecule has 2 aromatic heterocycles. The van der Waals surface area contributed by atoms with E-state index in [1.165, 1.54) is 18.9 Å². The first-order valence-electron chi connectivity index (χ1n) is 13.6. The molecule has 2 aliphatic rings. The molecule has 2 N–H and O–H groups in total. The average Bonchev–Trinajstić information content (AvgIpc) is 3.49. The van der Waals surface area contributed by atoms with Crippen molar-refractivity contribution in [2.45, 2.75) is 19.0 Å². The monoisotopic (exact) mass is 587 g/mol. The highest BCUT2D eigenvalue weighted by Gasteiger charge is 2.48. The Morgan fingerprint density at radius 1 is 1.05 bits per heavy atom. The van der Waals surface area contributed by atoms with Gasteiger partial charge in [-0.3, -0.25) is 24.7 Å². The number of hydrogen-bond acceptors (Lipinski definition) is 8. The molecule has 4 heterocycles. The van der Waals surface area contributed by atoms with Crippen LogP contribution in [0.25, 0.3) is 22.5 Å². The number of aromatic nitrogens is 2. The van der Waals surface area contributed by atoms with Crippen LogP contribution in [0.1, 0.15) is 28.4 Å². The fraction of sp³-hybridized carbons (Fsp3) is 0.152. The van der Waals surface area contributed by atoms with Gasteiger partial charge in [-0.25, -0.2) is 9.78 Å². The number of carbonyl (C=O) groups excluding carboxylic acids is 4. The summed E-state index contributed by atoms with van der Waals surface area (Å²) in [7, 11) is 1.52. The summed E-state index contributed by atoms with van der Waals surface area (Å²) in [5, 5.41) is 4.85. The Morgan fingerprint density at radius 2 is 1.86 bits per heavy atom. The van der Waals surface area contributed by atoms with Crippen LogP contribution in [0.3, 0.4) is 0 Å². The summed E-state index contributed by atoms with van der Waals surface area (Å²) in [5.41, 5.74) is 2.70. The molecule has 11 heteroatoms. The van der Waals surface area contributed by atoms with E-state index in [9.17, 15) is 19.2 Å². The van der Waals surface area contributed by atoms with Crippen LogP contribution in [0, 0.1) is 11.8 Å². The van der Waals surface area contributed by atoms with E-state index in [0.717, 1.165) is 11.1 Å². The number of ether oxygens (including phenoxy) is 2. The van der Waals surface area contributed by atoms with Crippen molar-refractivity contribution in [3.05, 3.63) is 95.8 Å². The molecular weight excluding hydrogens is 562 g/mol. The van der Waals surface area contributed by atoms with E-state index in [1.54, 1.807) is 73.1 Å². The number of imide groups is 1. The second-order valence-corrected chi connectivity index (χ2v) is 10.2. The Bertz CT molecular complexity index is 1880. The minimum absolute atomic E-state index is 0.151. The summed E-state index contributed by atoms with van der Waals surface area (Å²) in [4.78, 5) is 60.5. The Balaban J connectivity index is 1.29. The van der Waals surface area contributed by atoms with Crippen molar-refractivity contribution in [1.82, 2.24) is 25.5 Å². The van der Waals surface area contributed by atoms with E-state index in [-0.39, 0.29) is 19.0 Å². The molecule has 0 saturated carbocycles. The van der Waals surface area contributed by atoms with Crippen LogP contribution in [-0.4, -0.2) is 57.9 Å². The van der Waals surface area contributed by atoms with Crippen molar-refractivity contribution in [3.63, 3.8) is 0 Å². The topological polar surface area (TPSA) is 140 Å². The third kappa shape index (κ3) is 5.44. The van der Waals surface area contributed by atoms with E-state index >= 15 is 0 Å². The molecule has 1 fully saturated rings. The molecule has 44 heavy (non-hydrogen) atoms. The summed E-state index contributed by atoms with van der Waals surface area (Å²) in [6.07, 6.45) is 3.36. The number of esters is 1. The number of benzene rings is 2. The van der Waals surface area contributed by atoms with E-state index in [0.29, 0.717) is 39.6 Å². The van der Waals surface area contributed by atoms with Crippen LogP contribution in [0.5, 0.6) is 11.5 Å². The molecule has 0 radical (unpaired) electrons. The molecule has 1 unspecified atom stereocenters. The molecule has 6 rings (SSSR count). The normalized spacial score (nSPS) is 16.9. The average molecular weight is 588 g/mol. The highest BCUT2D eigenvalue weighted by Crippen LogP contribution is 2.32. The summed E-state index contributed by atoms with van der Waals surface area (Å²) >= 11 is 0. The van der Waals surface area contributed by atoms with Gasteiger partial charge in [-0.05, 0) is 54.1 Å². The number of rotatable bonds is 6. The number of fused-ring (bicyclic) bond motifs is 1. The number of hydrogen-bond donors (Lipinski definition) is 2. The van der Waals surface area contributed by atoms with Gasteiger partial charge >= 0.3 is 12.0 Å². The number of amides is 4. The van der Waals surface area contributed by atoms with Crippen molar-refractivity contribution in [2.24, 2.45) is 0 Å². The highest BCUT2D eigenvalue weighted by atomic mass is 16.5. The number of urea groups is 1. The van der Waals surface area contributed by atoms with Crippen molar-refractivity contribution in [1.29, 1.82) is 0 Å². The molecule has 2 aromatic carbocycles. The van der Waals surface area contributed by atoms with Gasteiger partial charge in [-0.15, -0.1) is 0 Å². The van der Waals surface area contributed by atoms with Crippen LogP contribution < -0.4 is 20.1 Å². The first kappa shape index (κ1) is 28.1. The zero-order valence-corrected chi connectivity index (χ0v) is 23.7. The van der Waals surface area contributed by atoms with Gasteiger partial charge in [0.05, 0.1) is 19.3 Å². The number of methoxy groups -OCH3 is 1. The van der Waals surface area contributed by atoms with E-state index < -0.39 is 23.4 Å². The Hall–Kier alpha value is -6.02. The summed E-state index contributed by atoms with van der Waals surface area (Å²) in [6, 6.07) is 18.6. The van der Waals surface area contributed by atoms with E-state index in [2.05, 4.69) is 27.5 Å². The lowest BCUT2D eigenvalue weighted by atomic mass is 9.98. The quantitative estimate of drug-likeness (QED) is 0.199. The largest absolute Gasteiger partial charge is 0.497 e. The second-order valence-electron chi connectivity index (χ2n) is 10.2. The van der Waals surface area contributed by atoms with Crippen LogP contribution in [0.2, 0.25) is 0 Å². The van der Waals surface area contributed by atoms with Gasteiger partial charge in [-0.1, -0.05) is 30.0 Å². The maximum Gasteiger partial charge on any atom is 0.323 e. The Labute approximate surface area is 252 Å². The predicted octanol–water partition coefficient (Wildman–Crippen LogP) is 3.33. The van der Waals surface area contributed by atoms with Gasteiger partial charge in [0.15, 0.2) is 5.75 Å². The fourth-order valence-electron chi connectivity index (χ4n) is 5.07. The highest BCUT2D eigenvalue weighted by molar-refractivity contribution is 6.10. The van der Waals surface area contributed by atoms with Gasteiger partial charge < -0.3 is 19.7 Å². The van der Waals surface area contributed by atoms with Gasteiger partial charge in [0.1, 0.15) is 11.4 Å². The lowest BCUT2D eigenvalue weighted by Gasteiger charge is -2.26. The first-order valence-corrected chi connectivity index (χ1v) is 13.6. The number of nitrogens with one attached hydrogen (secondary N) is 2. The maximum absolute atomic E-state index is 13.2. The maximum atomic E-state index is 13.2. The molecular formula is C33H25N5O6. The molecule has 2 aliphatic heterocycles. The zero-order chi connectivity index (χ0) is 30.8. The molecule has 4 amide bonds. The van der Waals surface area contributed by atoms with Crippen molar-refractivity contribution in [3.8, 4) is 45.9 Å². The van der Waals surface area contributed by atoms with Crippen molar-refractivity contribution >= 4 is 23.8 Å². The Kier molecular flexibility index (Phi) is 7.24. The molecule has 0 bridgehead atoms. The summed E-state index contributed by atoms with van der Waals surface area (Å²) in [6.45, 7) is 1.42. The minimum atomic E-state index is -1.65. The molecule has 4 aromatic rings. The van der Waals surface area contributed by atoms with Gasteiger partial charge in [0.25, 0.3) is 11.8 Å². The van der Waals surface area contributed by atoms with Crippen LogP contribution in [-0.2, 0) is 16.1 Å². The van der Waals surface area contributed by atoms with Gasteiger partial charge in [-0.2, -0.15) is 0 Å². The third-order valence-corrected chi connectivity index (χ3v) is 7.21. The zero-order valence-electron chi connectivity index (χ0n) is 23.7. The van der Waals surface area contributed by atoms with Crippen LogP contribution >= 0.6 is 0 Å². The molecule has 11 nitrogen and oxygen atoms in total. The lowest BCUT2D eigenvalue weighted by molar-refractivity contribution is -0.131. The summed E-state index contributed by atoms with van der Waals surface area (Å²) in [5.74, 6) is 5.31. The van der Waals surface area contributed by atoms with E-state index in [1.807, 2.05) is 6.07 Å². The number of nitrogens with zero attached hydrogens (tertiary/aromatic N) is 3. The standard InChI is InChI=1S/C33H25N5O6/c1-20(39)44-28-12-11-27(23-4-3-15-34-17-23)35-29(28)22-7-5-21(6-8-22)13-14-33(31(41)36-32(42)37-33)19-38-18-24-9-10-25(43-2)16-26(24)30(38)40/h3-12,15-17H,18-19H2,1-2H3,(H2,36,37,41,42). The molecule has 1 atom stereocenters. The minimum Gasteiger partial charge on any atom is -0.497 e. The van der Waals surface area contributed by atoms with Crippen LogP contribution in [0.15, 0.2) is 79.1 Å². The second kappa shape index (κ2) is 11.3.